The molecule has 0 aliphatic carbocycles. The highest BCUT2D eigenvalue weighted by Gasteiger charge is 2.26. The lowest BCUT2D eigenvalue weighted by molar-refractivity contribution is 0.100. The fourth-order valence-electron chi connectivity index (χ4n) is 4.14. The van der Waals surface area contributed by atoms with E-state index in [1.165, 1.54) is 5.56 Å². The number of fused-ring (bicyclic) bond motifs is 2. The normalized spacial score (nSPS) is 16.1. The van der Waals surface area contributed by atoms with Gasteiger partial charge >= 0.3 is 0 Å². The van der Waals surface area contributed by atoms with Crippen LogP contribution in [0.1, 0.15) is 34.1 Å². The lowest BCUT2D eigenvalue weighted by Crippen LogP contribution is -2.36. The quantitative estimate of drug-likeness (QED) is 0.508. The first kappa shape index (κ1) is 20.1. The van der Waals surface area contributed by atoms with Crippen LogP contribution in [0, 0.1) is 0 Å². The summed E-state index contributed by atoms with van der Waals surface area (Å²) >= 11 is 0. The molecule has 0 spiro atoms. The molecule has 162 valence electrons. The fourth-order valence-corrected chi connectivity index (χ4v) is 4.14. The molecule has 0 saturated carbocycles. The Morgan fingerprint density at radius 1 is 1.19 bits per heavy atom. The summed E-state index contributed by atoms with van der Waals surface area (Å²) in [6.07, 6.45) is 4.36. The maximum absolute atomic E-state index is 11.8. The minimum Gasteiger partial charge on any atom is -0.366 e. The summed E-state index contributed by atoms with van der Waals surface area (Å²) < 4.78 is 1.82. The molecule has 5 rings (SSSR count). The predicted octanol–water partition coefficient (Wildman–Crippen LogP) is 2.88. The molecule has 3 aromatic heterocycles. The van der Waals surface area contributed by atoms with Gasteiger partial charge in [-0.3, -0.25) is 14.1 Å². The molecular formula is C24H25N7O. The molecule has 1 unspecified atom stereocenters. The molecule has 0 saturated heterocycles. The fraction of sp³-hybridized carbons (Fsp3) is 0.250. The number of likely N-dealkylation sites (N-methyl/N-ethyl adjacent to an activating group) is 1. The second-order valence-corrected chi connectivity index (χ2v) is 8.25. The van der Waals surface area contributed by atoms with E-state index in [4.69, 9.17) is 15.7 Å². The van der Waals surface area contributed by atoms with Crippen molar-refractivity contribution in [2.45, 2.75) is 32.5 Å². The number of hydrogen-bond acceptors (Lipinski definition) is 6. The van der Waals surface area contributed by atoms with E-state index in [2.05, 4.69) is 41.3 Å². The number of carbonyl (C=O) groups is 1. The van der Waals surface area contributed by atoms with Gasteiger partial charge in [-0.15, -0.1) is 0 Å². The Bertz CT molecular complexity index is 1300. The van der Waals surface area contributed by atoms with Crippen molar-refractivity contribution in [1.82, 2.24) is 24.3 Å². The molecular weight excluding hydrogens is 402 g/mol. The maximum Gasteiger partial charge on any atom is 0.250 e. The van der Waals surface area contributed by atoms with E-state index >= 15 is 0 Å². The van der Waals surface area contributed by atoms with Gasteiger partial charge in [0, 0.05) is 30.9 Å². The molecule has 3 N–H and O–H groups in total. The molecule has 0 radical (unpaired) electrons. The SMILES string of the molecule is CC1Cc2c(nc(-c3ncc4c(C(N)=O)cccn34)nc2NCc2ccccc2)CN1C. The number of pyridine rings is 1. The zero-order valence-electron chi connectivity index (χ0n) is 18.1. The largest absolute Gasteiger partial charge is 0.366 e. The van der Waals surface area contributed by atoms with Gasteiger partial charge in [-0.25, -0.2) is 15.0 Å². The van der Waals surface area contributed by atoms with Crippen LogP contribution in [0.3, 0.4) is 0 Å². The Morgan fingerprint density at radius 3 is 2.78 bits per heavy atom. The van der Waals surface area contributed by atoms with E-state index in [1.54, 1.807) is 18.3 Å². The number of aromatic nitrogens is 4. The number of imidazole rings is 1. The average molecular weight is 428 g/mol. The van der Waals surface area contributed by atoms with Crippen LogP contribution in [0.2, 0.25) is 0 Å². The average Bonchev–Trinajstić information content (AvgIpc) is 3.23. The van der Waals surface area contributed by atoms with Crippen LogP contribution >= 0.6 is 0 Å². The van der Waals surface area contributed by atoms with Gasteiger partial charge in [0.1, 0.15) is 5.82 Å². The number of nitrogens with one attached hydrogen (secondary N) is 1. The van der Waals surface area contributed by atoms with Crippen LogP contribution in [0.25, 0.3) is 17.2 Å². The van der Waals surface area contributed by atoms with E-state index in [0.29, 0.717) is 35.3 Å². The van der Waals surface area contributed by atoms with E-state index in [1.807, 2.05) is 28.8 Å². The van der Waals surface area contributed by atoms with Crippen molar-refractivity contribution in [3.63, 3.8) is 0 Å². The van der Waals surface area contributed by atoms with Crippen LogP contribution in [0.4, 0.5) is 5.82 Å². The van der Waals surface area contributed by atoms with E-state index in [0.717, 1.165) is 30.0 Å². The molecule has 0 fully saturated rings. The van der Waals surface area contributed by atoms with E-state index in [-0.39, 0.29) is 0 Å². The van der Waals surface area contributed by atoms with Crippen molar-refractivity contribution in [1.29, 1.82) is 0 Å². The number of benzene rings is 1. The minimum absolute atomic E-state index is 0.402. The summed E-state index contributed by atoms with van der Waals surface area (Å²) in [6.45, 7) is 3.62. The third-order valence-electron chi connectivity index (χ3n) is 6.08. The number of carbonyl (C=O) groups excluding carboxylic acids is 1. The van der Waals surface area contributed by atoms with Gasteiger partial charge in [0.15, 0.2) is 11.6 Å². The molecule has 32 heavy (non-hydrogen) atoms. The molecule has 1 aliphatic heterocycles. The second-order valence-electron chi connectivity index (χ2n) is 8.25. The first-order valence-corrected chi connectivity index (χ1v) is 10.7. The summed E-state index contributed by atoms with van der Waals surface area (Å²) in [4.78, 5) is 28.4. The van der Waals surface area contributed by atoms with Crippen LogP contribution in [0.15, 0.2) is 54.9 Å². The number of amides is 1. The molecule has 1 aromatic carbocycles. The Balaban J connectivity index is 1.60. The van der Waals surface area contributed by atoms with Gasteiger partial charge in [-0.05, 0) is 38.1 Å². The van der Waals surface area contributed by atoms with Crippen molar-refractivity contribution in [2.24, 2.45) is 5.73 Å². The van der Waals surface area contributed by atoms with Gasteiger partial charge in [0.05, 0.1) is 23.0 Å². The summed E-state index contributed by atoms with van der Waals surface area (Å²) in [5.41, 5.74) is 9.92. The Hall–Kier alpha value is -3.78. The van der Waals surface area contributed by atoms with Crippen molar-refractivity contribution >= 4 is 17.2 Å². The molecule has 1 atom stereocenters. The molecule has 8 nitrogen and oxygen atoms in total. The number of rotatable bonds is 5. The molecule has 0 bridgehead atoms. The first-order chi connectivity index (χ1) is 15.5. The van der Waals surface area contributed by atoms with E-state index in [9.17, 15) is 4.79 Å². The van der Waals surface area contributed by atoms with Gasteiger partial charge in [-0.2, -0.15) is 0 Å². The number of nitrogens with two attached hydrogens (primary N) is 1. The standard InChI is InChI=1S/C24H25N7O/c1-15-11-18-19(14-30(15)2)28-23(29-22(18)26-12-16-7-4-3-5-8-16)24-27-13-20-17(21(25)32)9-6-10-31(20)24/h3-10,13,15H,11-12,14H2,1-2H3,(H2,25,32)(H,26,28,29). The molecule has 4 heterocycles. The highest BCUT2D eigenvalue weighted by molar-refractivity contribution is 5.99. The number of anilines is 1. The van der Waals surface area contributed by atoms with E-state index < -0.39 is 5.91 Å². The third-order valence-corrected chi connectivity index (χ3v) is 6.08. The maximum atomic E-state index is 11.8. The van der Waals surface area contributed by atoms with Crippen molar-refractivity contribution in [3.8, 4) is 11.6 Å². The molecule has 1 aliphatic rings. The Kier molecular flexibility index (Phi) is 5.07. The highest BCUT2D eigenvalue weighted by atomic mass is 16.1. The number of nitrogens with zero attached hydrogens (tertiary/aromatic N) is 5. The topological polar surface area (TPSA) is 101 Å². The van der Waals surface area contributed by atoms with Crippen molar-refractivity contribution in [3.05, 3.63) is 77.2 Å². The summed E-state index contributed by atoms with van der Waals surface area (Å²) in [7, 11) is 2.11. The lowest BCUT2D eigenvalue weighted by Gasteiger charge is -2.32. The van der Waals surface area contributed by atoms with Gasteiger partial charge in [0.25, 0.3) is 5.91 Å². The summed E-state index contributed by atoms with van der Waals surface area (Å²) in [6, 6.07) is 14.1. The minimum atomic E-state index is -0.491. The summed E-state index contributed by atoms with van der Waals surface area (Å²) in [5.74, 6) is 1.43. The third kappa shape index (κ3) is 3.58. The number of primary amides is 1. The smallest absolute Gasteiger partial charge is 0.250 e. The first-order valence-electron chi connectivity index (χ1n) is 10.7. The van der Waals surface area contributed by atoms with Crippen molar-refractivity contribution in [2.75, 3.05) is 12.4 Å². The monoisotopic (exact) mass is 427 g/mol. The zero-order chi connectivity index (χ0) is 22.2. The van der Waals surface area contributed by atoms with Crippen LogP contribution < -0.4 is 11.1 Å². The highest BCUT2D eigenvalue weighted by Crippen LogP contribution is 2.29. The molecule has 8 heteroatoms. The van der Waals surface area contributed by atoms with Crippen LogP contribution in [-0.4, -0.2) is 43.2 Å². The lowest BCUT2D eigenvalue weighted by atomic mass is 9.99. The van der Waals surface area contributed by atoms with Gasteiger partial charge < -0.3 is 11.1 Å². The Labute approximate surface area is 186 Å². The van der Waals surface area contributed by atoms with Gasteiger partial charge in [-0.1, -0.05) is 30.3 Å². The second kappa shape index (κ2) is 8.05. The van der Waals surface area contributed by atoms with Crippen LogP contribution in [-0.2, 0) is 19.5 Å². The predicted molar refractivity (Wildman–Crippen MR) is 123 cm³/mol. The summed E-state index contributed by atoms with van der Waals surface area (Å²) in [5, 5.41) is 3.52. The zero-order valence-corrected chi connectivity index (χ0v) is 18.1. The Morgan fingerprint density at radius 2 is 2.00 bits per heavy atom. The number of hydrogen-bond donors (Lipinski definition) is 2. The molecule has 1 amide bonds. The van der Waals surface area contributed by atoms with Crippen molar-refractivity contribution < 1.29 is 4.79 Å². The molecule has 4 aromatic rings. The van der Waals surface area contributed by atoms with Gasteiger partial charge in [0.2, 0.25) is 0 Å². The van der Waals surface area contributed by atoms with Crippen LogP contribution in [0.5, 0.6) is 0 Å².